The minimum atomic E-state index is 0.657. The molecule has 0 bridgehead atoms. The number of halogens is 1. The Morgan fingerprint density at radius 2 is 2.04 bits per heavy atom. The summed E-state index contributed by atoms with van der Waals surface area (Å²) < 4.78 is 5.41. The SMILES string of the molecule is Clc1ccc(-c2nc(CN3CCc4nc(-c5ccco5)ncc4C3)cs2)cc1. The van der Waals surface area contributed by atoms with Crippen molar-refractivity contribution in [2.24, 2.45) is 0 Å². The van der Waals surface area contributed by atoms with Crippen molar-refractivity contribution in [2.45, 2.75) is 19.5 Å². The van der Waals surface area contributed by atoms with Gasteiger partial charge in [0.25, 0.3) is 0 Å². The Hall–Kier alpha value is -2.54. The van der Waals surface area contributed by atoms with E-state index in [9.17, 15) is 0 Å². The lowest BCUT2D eigenvalue weighted by Crippen LogP contribution is -2.31. The molecule has 140 valence electrons. The van der Waals surface area contributed by atoms with Crippen LogP contribution < -0.4 is 0 Å². The second-order valence-electron chi connectivity index (χ2n) is 6.75. The van der Waals surface area contributed by atoms with E-state index in [1.165, 1.54) is 5.56 Å². The van der Waals surface area contributed by atoms with Gasteiger partial charge < -0.3 is 4.42 Å². The fraction of sp³-hybridized carbons (Fsp3) is 0.190. The largest absolute Gasteiger partial charge is 0.461 e. The Morgan fingerprint density at radius 1 is 1.14 bits per heavy atom. The lowest BCUT2D eigenvalue weighted by atomic mass is 10.1. The highest BCUT2D eigenvalue weighted by Gasteiger charge is 2.20. The average Bonchev–Trinajstić information content (AvgIpc) is 3.41. The molecule has 5 rings (SSSR count). The second-order valence-corrected chi connectivity index (χ2v) is 8.05. The van der Waals surface area contributed by atoms with Gasteiger partial charge in [-0.3, -0.25) is 4.90 Å². The van der Waals surface area contributed by atoms with E-state index in [2.05, 4.69) is 15.3 Å². The van der Waals surface area contributed by atoms with Gasteiger partial charge in [-0.15, -0.1) is 11.3 Å². The van der Waals surface area contributed by atoms with Crippen LogP contribution in [0.25, 0.3) is 22.2 Å². The van der Waals surface area contributed by atoms with E-state index in [0.29, 0.717) is 11.6 Å². The number of hydrogen-bond donors (Lipinski definition) is 0. The Balaban J connectivity index is 1.29. The van der Waals surface area contributed by atoms with E-state index >= 15 is 0 Å². The molecular formula is C21H17ClN4OS. The molecule has 1 aromatic carbocycles. The summed E-state index contributed by atoms with van der Waals surface area (Å²) in [5.74, 6) is 1.37. The van der Waals surface area contributed by atoms with Gasteiger partial charge in [0, 0.05) is 53.8 Å². The fourth-order valence-corrected chi connectivity index (χ4v) is 4.31. The van der Waals surface area contributed by atoms with E-state index < -0.39 is 0 Å². The quantitative estimate of drug-likeness (QED) is 0.471. The van der Waals surface area contributed by atoms with E-state index in [1.807, 2.05) is 42.6 Å². The molecule has 0 radical (unpaired) electrons. The van der Waals surface area contributed by atoms with E-state index in [1.54, 1.807) is 17.6 Å². The summed E-state index contributed by atoms with van der Waals surface area (Å²) >= 11 is 7.64. The van der Waals surface area contributed by atoms with Crippen molar-refractivity contribution < 1.29 is 4.42 Å². The van der Waals surface area contributed by atoms with Gasteiger partial charge in [0.2, 0.25) is 0 Å². The van der Waals surface area contributed by atoms with E-state index in [4.69, 9.17) is 26.0 Å². The average molecular weight is 409 g/mol. The van der Waals surface area contributed by atoms with Crippen LogP contribution in [0.5, 0.6) is 0 Å². The molecule has 28 heavy (non-hydrogen) atoms. The van der Waals surface area contributed by atoms with Gasteiger partial charge >= 0.3 is 0 Å². The standard InChI is InChI=1S/C21H17ClN4OS/c22-16-5-3-14(4-6-16)21-24-17(13-28-21)12-26-8-7-18-15(11-26)10-23-20(25-18)19-2-1-9-27-19/h1-6,9-10,13H,7-8,11-12H2. The highest BCUT2D eigenvalue weighted by Crippen LogP contribution is 2.27. The highest BCUT2D eigenvalue weighted by molar-refractivity contribution is 7.13. The molecule has 0 saturated heterocycles. The zero-order chi connectivity index (χ0) is 18.9. The first-order valence-corrected chi connectivity index (χ1v) is 10.3. The molecule has 0 fully saturated rings. The summed E-state index contributed by atoms with van der Waals surface area (Å²) in [5.41, 5.74) is 4.47. The van der Waals surface area contributed by atoms with Crippen LogP contribution in [0.15, 0.2) is 58.7 Å². The lowest BCUT2D eigenvalue weighted by molar-refractivity contribution is 0.240. The first kappa shape index (κ1) is 17.6. The number of nitrogens with zero attached hydrogens (tertiary/aromatic N) is 4. The second kappa shape index (κ2) is 7.47. The predicted octanol–water partition coefficient (Wildman–Crippen LogP) is 5.07. The molecule has 4 aromatic rings. The van der Waals surface area contributed by atoms with Crippen LogP contribution in [-0.2, 0) is 19.5 Å². The Labute approximate surface area is 171 Å². The third-order valence-corrected chi connectivity index (χ3v) is 5.98. The zero-order valence-corrected chi connectivity index (χ0v) is 16.6. The number of thiazole rings is 1. The van der Waals surface area contributed by atoms with Crippen molar-refractivity contribution >= 4 is 22.9 Å². The molecule has 0 unspecified atom stereocenters. The van der Waals surface area contributed by atoms with Gasteiger partial charge in [-0.05, 0) is 24.3 Å². The molecule has 3 aromatic heterocycles. The number of benzene rings is 1. The van der Waals surface area contributed by atoms with Crippen LogP contribution in [0.1, 0.15) is 17.0 Å². The summed E-state index contributed by atoms with van der Waals surface area (Å²) in [4.78, 5) is 16.3. The summed E-state index contributed by atoms with van der Waals surface area (Å²) in [5, 5.41) is 3.90. The summed E-state index contributed by atoms with van der Waals surface area (Å²) in [6.07, 6.45) is 4.47. The number of fused-ring (bicyclic) bond motifs is 1. The maximum Gasteiger partial charge on any atom is 0.195 e. The van der Waals surface area contributed by atoms with Crippen LogP contribution in [-0.4, -0.2) is 26.4 Å². The van der Waals surface area contributed by atoms with Crippen LogP contribution in [0.3, 0.4) is 0 Å². The molecule has 0 saturated carbocycles. The molecule has 0 aliphatic carbocycles. The molecule has 4 heterocycles. The van der Waals surface area contributed by atoms with E-state index in [-0.39, 0.29) is 0 Å². The Bertz CT molecular complexity index is 1090. The highest BCUT2D eigenvalue weighted by atomic mass is 35.5. The molecule has 0 N–H and O–H groups in total. The Morgan fingerprint density at radius 3 is 2.86 bits per heavy atom. The summed E-state index contributed by atoms with van der Waals surface area (Å²) in [7, 11) is 0. The first-order chi connectivity index (χ1) is 13.7. The van der Waals surface area contributed by atoms with Crippen molar-refractivity contribution in [1.29, 1.82) is 0 Å². The van der Waals surface area contributed by atoms with Gasteiger partial charge in [-0.25, -0.2) is 15.0 Å². The number of aromatic nitrogens is 3. The van der Waals surface area contributed by atoms with E-state index in [0.717, 1.165) is 53.0 Å². The van der Waals surface area contributed by atoms with Crippen molar-refractivity contribution in [1.82, 2.24) is 19.9 Å². The maximum absolute atomic E-state index is 5.97. The molecule has 7 heteroatoms. The summed E-state index contributed by atoms with van der Waals surface area (Å²) in [6.45, 7) is 2.61. The summed E-state index contributed by atoms with van der Waals surface area (Å²) in [6, 6.07) is 11.6. The van der Waals surface area contributed by atoms with Gasteiger partial charge in [-0.1, -0.05) is 23.7 Å². The van der Waals surface area contributed by atoms with Crippen LogP contribution in [0, 0.1) is 0 Å². The molecule has 1 aliphatic heterocycles. The monoisotopic (exact) mass is 408 g/mol. The number of hydrogen-bond acceptors (Lipinski definition) is 6. The number of furan rings is 1. The molecule has 1 aliphatic rings. The van der Waals surface area contributed by atoms with Crippen molar-refractivity contribution in [3.63, 3.8) is 0 Å². The van der Waals surface area contributed by atoms with Gasteiger partial charge in [0.1, 0.15) is 5.01 Å². The molecular weight excluding hydrogens is 392 g/mol. The minimum absolute atomic E-state index is 0.657. The maximum atomic E-state index is 5.97. The minimum Gasteiger partial charge on any atom is -0.461 e. The Kier molecular flexibility index (Phi) is 4.68. The molecule has 0 amide bonds. The fourth-order valence-electron chi connectivity index (χ4n) is 3.37. The van der Waals surface area contributed by atoms with Gasteiger partial charge in [0.15, 0.2) is 11.6 Å². The molecule has 5 nitrogen and oxygen atoms in total. The lowest BCUT2D eigenvalue weighted by Gasteiger charge is -2.27. The van der Waals surface area contributed by atoms with Crippen LogP contribution in [0.4, 0.5) is 0 Å². The van der Waals surface area contributed by atoms with Gasteiger partial charge in [0.05, 0.1) is 17.7 Å². The predicted molar refractivity (Wildman–Crippen MR) is 110 cm³/mol. The van der Waals surface area contributed by atoms with Crippen LogP contribution in [0.2, 0.25) is 5.02 Å². The number of rotatable bonds is 4. The van der Waals surface area contributed by atoms with Gasteiger partial charge in [-0.2, -0.15) is 0 Å². The normalized spacial score (nSPS) is 14.2. The topological polar surface area (TPSA) is 55.1 Å². The van der Waals surface area contributed by atoms with Crippen molar-refractivity contribution in [3.05, 3.63) is 76.2 Å². The van der Waals surface area contributed by atoms with Crippen molar-refractivity contribution in [3.8, 4) is 22.2 Å². The molecule has 0 spiro atoms. The van der Waals surface area contributed by atoms with Crippen molar-refractivity contribution in [2.75, 3.05) is 6.54 Å². The zero-order valence-electron chi connectivity index (χ0n) is 15.0. The first-order valence-electron chi connectivity index (χ1n) is 9.06. The molecule has 0 atom stereocenters. The smallest absolute Gasteiger partial charge is 0.195 e. The third kappa shape index (κ3) is 3.58. The van der Waals surface area contributed by atoms with Crippen LogP contribution >= 0.6 is 22.9 Å². The third-order valence-electron chi connectivity index (χ3n) is 4.78.